The van der Waals surface area contributed by atoms with E-state index in [4.69, 9.17) is 15.2 Å². The SMILES string of the molecule is CC(C)Cn1cc(-c2n[nH]c3cc(N)nc(OC4CCOCC4)c23)cn1. The van der Waals surface area contributed by atoms with Crippen LogP contribution >= 0.6 is 0 Å². The molecule has 0 aromatic carbocycles. The molecule has 26 heavy (non-hydrogen) atoms. The third kappa shape index (κ3) is 3.37. The van der Waals surface area contributed by atoms with Gasteiger partial charge in [0, 0.05) is 37.2 Å². The Balaban J connectivity index is 1.72. The van der Waals surface area contributed by atoms with Crippen molar-refractivity contribution in [2.24, 2.45) is 5.92 Å². The van der Waals surface area contributed by atoms with Crippen LogP contribution in [0.25, 0.3) is 22.2 Å². The molecule has 1 aliphatic rings. The molecule has 138 valence electrons. The quantitative estimate of drug-likeness (QED) is 0.728. The molecule has 8 nitrogen and oxygen atoms in total. The summed E-state index contributed by atoms with van der Waals surface area (Å²) in [7, 11) is 0. The lowest BCUT2D eigenvalue weighted by Crippen LogP contribution is -2.26. The Morgan fingerprint density at radius 1 is 1.38 bits per heavy atom. The summed E-state index contributed by atoms with van der Waals surface area (Å²) in [5.74, 6) is 1.45. The molecule has 0 aliphatic carbocycles. The van der Waals surface area contributed by atoms with E-state index in [9.17, 15) is 0 Å². The van der Waals surface area contributed by atoms with Gasteiger partial charge in [-0.15, -0.1) is 0 Å². The predicted octanol–water partition coefficient (Wildman–Crippen LogP) is 2.62. The molecule has 8 heteroatoms. The molecule has 0 atom stereocenters. The highest BCUT2D eigenvalue weighted by molar-refractivity contribution is 5.97. The zero-order chi connectivity index (χ0) is 18.1. The maximum atomic E-state index is 6.18. The van der Waals surface area contributed by atoms with Crippen LogP contribution < -0.4 is 10.5 Å². The summed E-state index contributed by atoms with van der Waals surface area (Å²) in [5.41, 5.74) is 8.48. The van der Waals surface area contributed by atoms with E-state index in [1.54, 1.807) is 6.07 Å². The summed E-state index contributed by atoms with van der Waals surface area (Å²) in [6.07, 6.45) is 5.60. The monoisotopic (exact) mass is 356 g/mol. The number of hydrogen-bond donors (Lipinski definition) is 2. The van der Waals surface area contributed by atoms with E-state index in [0.717, 1.165) is 41.5 Å². The summed E-state index contributed by atoms with van der Waals surface area (Å²) in [6.45, 7) is 6.60. The lowest BCUT2D eigenvalue weighted by atomic mass is 10.1. The van der Waals surface area contributed by atoms with Gasteiger partial charge in [-0.3, -0.25) is 9.78 Å². The van der Waals surface area contributed by atoms with Crippen molar-refractivity contribution in [2.75, 3.05) is 18.9 Å². The van der Waals surface area contributed by atoms with E-state index in [2.05, 4.69) is 34.1 Å². The molecule has 0 unspecified atom stereocenters. The maximum Gasteiger partial charge on any atom is 0.227 e. The molecule has 3 aromatic heterocycles. The fraction of sp³-hybridized carbons (Fsp3) is 0.500. The molecule has 4 rings (SSSR count). The standard InChI is InChI=1S/C18H24N6O2/c1-11(2)9-24-10-12(8-20-24)17-16-14(22-23-17)7-15(19)21-18(16)26-13-3-5-25-6-4-13/h7-8,10-11,13H,3-6,9H2,1-2H3,(H2,19,21)(H,22,23). The van der Waals surface area contributed by atoms with Crippen molar-refractivity contribution in [1.29, 1.82) is 0 Å². The van der Waals surface area contributed by atoms with Gasteiger partial charge in [0.2, 0.25) is 5.88 Å². The average molecular weight is 356 g/mol. The second-order valence-electron chi connectivity index (χ2n) is 7.12. The number of anilines is 1. The number of nitrogens with one attached hydrogen (secondary N) is 1. The molecule has 0 amide bonds. The summed E-state index contributed by atoms with van der Waals surface area (Å²) >= 11 is 0. The molecule has 0 saturated carbocycles. The molecule has 1 saturated heterocycles. The van der Waals surface area contributed by atoms with Crippen molar-refractivity contribution in [3.05, 3.63) is 18.5 Å². The molecule has 3 N–H and O–H groups in total. The van der Waals surface area contributed by atoms with Gasteiger partial charge in [0.1, 0.15) is 17.6 Å². The Morgan fingerprint density at radius 2 is 2.19 bits per heavy atom. The van der Waals surface area contributed by atoms with Gasteiger partial charge in [0.15, 0.2) is 0 Å². The zero-order valence-corrected chi connectivity index (χ0v) is 15.1. The lowest BCUT2D eigenvalue weighted by molar-refractivity contribution is 0.0245. The average Bonchev–Trinajstić information content (AvgIpc) is 3.21. The van der Waals surface area contributed by atoms with Gasteiger partial charge in [-0.05, 0) is 5.92 Å². The van der Waals surface area contributed by atoms with Gasteiger partial charge in [-0.25, -0.2) is 0 Å². The van der Waals surface area contributed by atoms with Crippen LogP contribution in [0.4, 0.5) is 5.82 Å². The number of fused-ring (bicyclic) bond motifs is 1. The summed E-state index contributed by atoms with van der Waals surface area (Å²) in [6, 6.07) is 1.78. The van der Waals surface area contributed by atoms with Crippen LogP contribution in [0, 0.1) is 5.92 Å². The summed E-state index contributed by atoms with van der Waals surface area (Å²) in [4.78, 5) is 4.44. The van der Waals surface area contributed by atoms with Gasteiger partial charge in [0.25, 0.3) is 0 Å². The number of nitrogen functional groups attached to an aromatic ring is 1. The number of nitrogens with zero attached hydrogens (tertiary/aromatic N) is 4. The topological polar surface area (TPSA) is 104 Å². The number of aromatic amines is 1. The second kappa shape index (κ2) is 6.95. The summed E-state index contributed by atoms with van der Waals surface area (Å²) < 4.78 is 13.5. The largest absolute Gasteiger partial charge is 0.474 e. The van der Waals surface area contributed by atoms with Crippen LogP contribution in [0.3, 0.4) is 0 Å². The third-order valence-electron chi connectivity index (χ3n) is 4.44. The Bertz CT molecular complexity index is 894. The molecule has 3 aromatic rings. The van der Waals surface area contributed by atoms with Crippen molar-refractivity contribution in [3.63, 3.8) is 0 Å². The van der Waals surface area contributed by atoms with Crippen molar-refractivity contribution >= 4 is 16.7 Å². The molecular formula is C18H24N6O2. The minimum absolute atomic E-state index is 0.0765. The highest BCUT2D eigenvalue weighted by Crippen LogP contribution is 2.34. The Hall–Kier alpha value is -2.61. The zero-order valence-electron chi connectivity index (χ0n) is 15.1. The molecule has 1 aliphatic heterocycles. The summed E-state index contributed by atoms with van der Waals surface area (Å²) in [5, 5.41) is 12.8. The Labute approximate surface area is 151 Å². The van der Waals surface area contributed by atoms with E-state index in [0.29, 0.717) is 30.8 Å². The van der Waals surface area contributed by atoms with Crippen molar-refractivity contribution < 1.29 is 9.47 Å². The first-order valence-electron chi connectivity index (χ1n) is 9.02. The van der Waals surface area contributed by atoms with Crippen LogP contribution in [-0.4, -0.2) is 44.3 Å². The molecular weight excluding hydrogens is 332 g/mol. The fourth-order valence-electron chi connectivity index (χ4n) is 3.24. The number of hydrogen-bond acceptors (Lipinski definition) is 6. The third-order valence-corrected chi connectivity index (χ3v) is 4.44. The van der Waals surface area contributed by atoms with E-state index < -0.39 is 0 Å². The van der Waals surface area contributed by atoms with Gasteiger partial charge in [-0.2, -0.15) is 15.2 Å². The lowest BCUT2D eigenvalue weighted by Gasteiger charge is -2.23. The molecule has 0 radical (unpaired) electrons. The number of rotatable bonds is 5. The molecule has 0 bridgehead atoms. The number of ether oxygens (including phenoxy) is 2. The van der Waals surface area contributed by atoms with Crippen LogP contribution in [0.15, 0.2) is 18.5 Å². The number of pyridine rings is 1. The van der Waals surface area contributed by atoms with Crippen LogP contribution in [0.2, 0.25) is 0 Å². The van der Waals surface area contributed by atoms with Crippen LogP contribution in [0.5, 0.6) is 5.88 Å². The van der Waals surface area contributed by atoms with Gasteiger partial charge < -0.3 is 15.2 Å². The van der Waals surface area contributed by atoms with Gasteiger partial charge in [0.05, 0.1) is 30.3 Å². The molecule has 4 heterocycles. The van der Waals surface area contributed by atoms with Gasteiger partial charge in [-0.1, -0.05) is 13.8 Å². The Kier molecular flexibility index (Phi) is 4.50. The maximum absolute atomic E-state index is 6.18. The van der Waals surface area contributed by atoms with E-state index in [1.165, 1.54) is 0 Å². The predicted molar refractivity (Wildman–Crippen MR) is 98.8 cm³/mol. The second-order valence-corrected chi connectivity index (χ2v) is 7.12. The van der Waals surface area contributed by atoms with E-state index in [-0.39, 0.29) is 6.10 Å². The Morgan fingerprint density at radius 3 is 2.96 bits per heavy atom. The number of H-pyrrole nitrogens is 1. The van der Waals surface area contributed by atoms with Crippen LogP contribution in [0.1, 0.15) is 26.7 Å². The minimum atomic E-state index is 0.0765. The van der Waals surface area contributed by atoms with Crippen molar-refractivity contribution in [1.82, 2.24) is 25.0 Å². The van der Waals surface area contributed by atoms with Gasteiger partial charge >= 0.3 is 0 Å². The first-order valence-corrected chi connectivity index (χ1v) is 9.02. The number of aromatic nitrogens is 5. The minimum Gasteiger partial charge on any atom is -0.474 e. The van der Waals surface area contributed by atoms with Crippen molar-refractivity contribution in [3.8, 4) is 17.1 Å². The smallest absolute Gasteiger partial charge is 0.227 e. The van der Waals surface area contributed by atoms with Crippen molar-refractivity contribution in [2.45, 2.75) is 39.3 Å². The van der Waals surface area contributed by atoms with Crippen LogP contribution in [-0.2, 0) is 11.3 Å². The first kappa shape index (κ1) is 16.8. The highest BCUT2D eigenvalue weighted by Gasteiger charge is 2.21. The van der Waals surface area contributed by atoms with E-state index >= 15 is 0 Å². The normalized spacial score (nSPS) is 15.8. The number of nitrogens with two attached hydrogens (primary N) is 1. The first-order chi connectivity index (χ1) is 12.6. The fourth-order valence-corrected chi connectivity index (χ4v) is 3.24. The van der Waals surface area contributed by atoms with E-state index in [1.807, 2.05) is 17.1 Å². The molecule has 1 fully saturated rings. The highest BCUT2D eigenvalue weighted by atomic mass is 16.5. The molecule has 0 spiro atoms.